The summed E-state index contributed by atoms with van der Waals surface area (Å²) in [5, 5.41) is 19.6. The largest absolute Gasteiger partial charge is 0.506 e. The van der Waals surface area contributed by atoms with Crippen LogP contribution in [0.25, 0.3) is 0 Å². The fourth-order valence-corrected chi connectivity index (χ4v) is 1.69. The normalized spacial score (nSPS) is 12.3. The Labute approximate surface area is 98.4 Å². The monoisotopic (exact) mass is 244 g/mol. The third-order valence-electron chi connectivity index (χ3n) is 2.36. The van der Waals surface area contributed by atoms with Gasteiger partial charge in [-0.05, 0) is 25.0 Å². The number of benzene rings is 1. The van der Waals surface area contributed by atoms with Gasteiger partial charge in [0, 0.05) is 5.56 Å². The zero-order valence-electron chi connectivity index (χ0n) is 9.24. The molecule has 1 aromatic rings. The number of aromatic hydroxyl groups is 1. The number of hydrogen-bond acceptors (Lipinski definition) is 4. The summed E-state index contributed by atoms with van der Waals surface area (Å²) in [7, 11) is 1.16. The Kier molecular flexibility index (Phi) is 3.78. The molecule has 0 fully saturated rings. The second kappa shape index (κ2) is 4.72. The van der Waals surface area contributed by atoms with Crippen molar-refractivity contribution in [2.45, 2.75) is 20.0 Å². The Bertz CT molecular complexity index is 428. The number of aryl methyl sites for hydroxylation is 2. The molecule has 0 aliphatic rings. The Morgan fingerprint density at radius 1 is 1.44 bits per heavy atom. The highest BCUT2D eigenvalue weighted by molar-refractivity contribution is 6.33. The molecule has 0 aliphatic carbocycles. The second-order valence-corrected chi connectivity index (χ2v) is 3.89. The first kappa shape index (κ1) is 12.8. The summed E-state index contributed by atoms with van der Waals surface area (Å²) in [4.78, 5) is 11.2. The zero-order chi connectivity index (χ0) is 12.5. The third kappa shape index (κ3) is 2.13. The van der Waals surface area contributed by atoms with Crippen molar-refractivity contribution in [1.82, 2.24) is 0 Å². The number of halogens is 1. The van der Waals surface area contributed by atoms with Crippen LogP contribution in [-0.4, -0.2) is 23.3 Å². The maximum Gasteiger partial charge on any atom is 0.339 e. The van der Waals surface area contributed by atoms with E-state index in [0.29, 0.717) is 11.1 Å². The van der Waals surface area contributed by atoms with Gasteiger partial charge >= 0.3 is 5.97 Å². The first-order chi connectivity index (χ1) is 7.40. The Balaban J connectivity index is 3.34. The van der Waals surface area contributed by atoms with Gasteiger partial charge in [0.2, 0.25) is 0 Å². The van der Waals surface area contributed by atoms with Gasteiger partial charge in [-0.3, -0.25) is 0 Å². The van der Waals surface area contributed by atoms with Gasteiger partial charge in [0.15, 0.2) is 6.10 Å². The molecule has 1 rings (SSSR count). The molecule has 2 N–H and O–H groups in total. The number of phenolic OH excluding ortho intramolecular Hbond substituents is 1. The summed E-state index contributed by atoms with van der Waals surface area (Å²) >= 11 is 5.83. The number of rotatable bonds is 2. The average molecular weight is 245 g/mol. The number of methoxy groups -OCH3 is 1. The minimum absolute atomic E-state index is 0.0856. The molecule has 1 aromatic carbocycles. The highest BCUT2D eigenvalue weighted by Gasteiger charge is 2.25. The van der Waals surface area contributed by atoms with E-state index in [9.17, 15) is 15.0 Å². The maximum absolute atomic E-state index is 11.2. The predicted octanol–water partition coefficient (Wildman–Crippen LogP) is 1.87. The summed E-state index contributed by atoms with van der Waals surface area (Å²) in [6.45, 7) is 3.40. The molecule has 0 saturated carbocycles. The standard InChI is InChI=1S/C11H13ClO4/c1-5-4-6(2)8(12)9(13)7(5)10(14)11(15)16-3/h4,10,13-14H,1-3H3. The van der Waals surface area contributed by atoms with E-state index in [-0.39, 0.29) is 16.3 Å². The van der Waals surface area contributed by atoms with Crippen LogP contribution in [0, 0.1) is 13.8 Å². The molecule has 0 bridgehead atoms. The van der Waals surface area contributed by atoms with Crippen molar-refractivity contribution >= 4 is 17.6 Å². The number of aliphatic hydroxyl groups excluding tert-OH is 1. The molecule has 4 nitrogen and oxygen atoms in total. The molecule has 0 aliphatic heterocycles. The van der Waals surface area contributed by atoms with Crippen molar-refractivity contribution in [2.75, 3.05) is 7.11 Å². The predicted molar refractivity (Wildman–Crippen MR) is 59.6 cm³/mol. The van der Waals surface area contributed by atoms with Crippen LogP contribution in [0.2, 0.25) is 5.02 Å². The fourth-order valence-electron chi connectivity index (χ4n) is 1.53. The molecule has 0 saturated heterocycles. The van der Waals surface area contributed by atoms with Crippen LogP contribution in [0.5, 0.6) is 5.75 Å². The SMILES string of the molecule is COC(=O)C(O)c1c(C)cc(C)c(Cl)c1O. The molecule has 0 radical (unpaired) electrons. The van der Waals surface area contributed by atoms with Crippen molar-refractivity contribution in [1.29, 1.82) is 0 Å². The van der Waals surface area contributed by atoms with E-state index in [2.05, 4.69) is 4.74 Å². The van der Waals surface area contributed by atoms with Crippen molar-refractivity contribution in [3.05, 3.63) is 27.8 Å². The van der Waals surface area contributed by atoms with Gasteiger partial charge in [-0.15, -0.1) is 0 Å². The lowest BCUT2D eigenvalue weighted by Crippen LogP contribution is -2.15. The van der Waals surface area contributed by atoms with Gasteiger partial charge in [-0.25, -0.2) is 4.79 Å². The van der Waals surface area contributed by atoms with Crippen LogP contribution in [-0.2, 0) is 9.53 Å². The van der Waals surface area contributed by atoms with E-state index in [1.54, 1.807) is 19.9 Å². The van der Waals surface area contributed by atoms with E-state index in [1.807, 2.05) is 0 Å². The Hall–Kier alpha value is -1.26. The highest BCUT2D eigenvalue weighted by Crippen LogP contribution is 2.37. The highest BCUT2D eigenvalue weighted by atomic mass is 35.5. The molecule has 0 amide bonds. The Morgan fingerprint density at radius 3 is 2.50 bits per heavy atom. The lowest BCUT2D eigenvalue weighted by molar-refractivity contribution is -0.150. The van der Waals surface area contributed by atoms with Crippen LogP contribution in [0.4, 0.5) is 0 Å². The molecule has 0 heterocycles. The smallest absolute Gasteiger partial charge is 0.339 e. The number of ether oxygens (including phenoxy) is 1. The molecule has 0 aromatic heterocycles. The van der Waals surface area contributed by atoms with E-state index in [4.69, 9.17) is 11.6 Å². The summed E-state index contributed by atoms with van der Waals surface area (Å²) in [6, 6.07) is 1.68. The number of phenols is 1. The van der Waals surface area contributed by atoms with Crippen LogP contribution in [0.1, 0.15) is 22.8 Å². The second-order valence-electron chi connectivity index (χ2n) is 3.51. The lowest BCUT2D eigenvalue weighted by Gasteiger charge is -2.15. The van der Waals surface area contributed by atoms with E-state index in [1.165, 1.54) is 0 Å². The van der Waals surface area contributed by atoms with Gasteiger partial charge in [-0.1, -0.05) is 17.7 Å². The lowest BCUT2D eigenvalue weighted by atomic mass is 9.99. The number of esters is 1. The van der Waals surface area contributed by atoms with Crippen LogP contribution >= 0.6 is 11.6 Å². The zero-order valence-corrected chi connectivity index (χ0v) is 10.00. The topological polar surface area (TPSA) is 66.8 Å². The first-order valence-electron chi connectivity index (χ1n) is 4.64. The summed E-state index contributed by atoms with van der Waals surface area (Å²) in [6.07, 6.45) is -1.52. The summed E-state index contributed by atoms with van der Waals surface area (Å²) in [5.41, 5.74) is 1.34. The minimum atomic E-state index is -1.52. The van der Waals surface area contributed by atoms with Crippen molar-refractivity contribution in [3.63, 3.8) is 0 Å². The van der Waals surface area contributed by atoms with E-state index < -0.39 is 12.1 Å². The molecule has 1 atom stereocenters. The fraction of sp³-hybridized carbons (Fsp3) is 0.364. The van der Waals surface area contributed by atoms with E-state index >= 15 is 0 Å². The molecule has 5 heteroatoms. The van der Waals surface area contributed by atoms with Crippen LogP contribution in [0.15, 0.2) is 6.07 Å². The maximum atomic E-state index is 11.2. The van der Waals surface area contributed by atoms with Gasteiger partial charge in [0.25, 0.3) is 0 Å². The van der Waals surface area contributed by atoms with Gasteiger partial charge in [0.1, 0.15) is 5.75 Å². The van der Waals surface area contributed by atoms with Crippen molar-refractivity contribution in [3.8, 4) is 5.75 Å². The number of aliphatic hydroxyl groups is 1. The molecule has 1 unspecified atom stereocenters. The summed E-state index contributed by atoms with van der Waals surface area (Å²) in [5.74, 6) is -1.12. The molecule has 0 spiro atoms. The van der Waals surface area contributed by atoms with Gasteiger partial charge in [-0.2, -0.15) is 0 Å². The average Bonchev–Trinajstić information content (AvgIpc) is 2.24. The van der Waals surface area contributed by atoms with Crippen molar-refractivity contribution < 1.29 is 19.7 Å². The molecule has 88 valence electrons. The number of carbonyl (C=O) groups is 1. The van der Waals surface area contributed by atoms with E-state index in [0.717, 1.165) is 7.11 Å². The Morgan fingerprint density at radius 2 is 2.00 bits per heavy atom. The van der Waals surface area contributed by atoms with Gasteiger partial charge < -0.3 is 14.9 Å². The number of carbonyl (C=O) groups excluding carboxylic acids is 1. The number of hydrogen-bond donors (Lipinski definition) is 2. The van der Waals surface area contributed by atoms with Crippen molar-refractivity contribution in [2.24, 2.45) is 0 Å². The molecular formula is C11H13ClO4. The molecular weight excluding hydrogens is 232 g/mol. The molecule has 16 heavy (non-hydrogen) atoms. The summed E-state index contributed by atoms with van der Waals surface area (Å²) < 4.78 is 4.40. The van der Waals surface area contributed by atoms with Crippen LogP contribution in [0.3, 0.4) is 0 Å². The van der Waals surface area contributed by atoms with Gasteiger partial charge in [0.05, 0.1) is 12.1 Å². The third-order valence-corrected chi connectivity index (χ3v) is 2.84. The quantitative estimate of drug-likeness (QED) is 0.780. The minimum Gasteiger partial charge on any atom is -0.506 e. The first-order valence-corrected chi connectivity index (χ1v) is 5.02. The van der Waals surface area contributed by atoms with Crippen LogP contribution < -0.4 is 0 Å².